The van der Waals surface area contributed by atoms with Crippen LogP contribution in [0.25, 0.3) is 0 Å². The minimum Gasteiger partial charge on any atom is -0.480 e. The van der Waals surface area contributed by atoms with Crippen molar-refractivity contribution in [3.63, 3.8) is 0 Å². The number of nitrogens with one attached hydrogen (secondary N) is 2. The van der Waals surface area contributed by atoms with E-state index in [1.807, 2.05) is 5.32 Å². The lowest BCUT2D eigenvalue weighted by molar-refractivity contribution is -0.141. The molecule has 1 aliphatic heterocycles. The maximum atomic E-state index is 10.6. The van der Waals surface area contributed by atoms with Gasteiger partial charge in [-0.1, -0.05) is 0 Å². The Kier molecular flexibility index (Phi) is 1.75. The van der Waals surface area contributed by atoms with Gasteiger partial charge in [0, 0.05) is 1.43 Å². The highest BCUT2D eigenvalue weighted by molar-refractivity contribution is 6.01. The first kappa shape index (κ1) is 7.52. The van der Waals surface area contributed by atoms with E-state index in [2.05, 4.69) is 5.32 Å². The van der Waals surface area contributed by atoms with Gasteiger partial charge in [-0.15, -0.1) is 0 Å². The highest BCUT2D eigenvalue weighted by Crippen LogP contribution is 1.97. The third kappa shape index (κ3) is 1.66. The van der Waals surface area contributed by atoms with Gasteiger partial charge in [-0.2, -0.15) is 0 Å². The van der Waals surface area contributed by atoms with Crippen molar-refractivity contribution >= 4 is 17.9 Å². The van der Waals surface area contributed by atoms with Crippen LogP contribution in [0.4, 0.5) is 4.79 Å². The molecule has 62 valence electrons. The van der Waals surface area contributed by atoms with Crippen LogP contribution in [0.5, 0.6) is 0 Å². The van der Waals surface area contributed by atoms with E-state index in [9.17, 15) is 14.4 Å². The molecule has 0 aromatic heterocycles. The predicted octanol–water partition coefficient (Wildman–Crippen LogP) is -1.08. The normalized spacial score (nSPS) is 23.8. The molecule has 0 aromatic carbocycles. The zero-order chi connectivity index (χ0) is 8.43. The molecule has 11 heavy (non-hydrogen) atoms. The van der Waals surface area contributed by atoms with Crippen molar-refractivity contribution in [2.75, 3.05) is 0 Å². The Morgan fingerprint density at radius 3 is 2.73 bits per heavy atom. The maximum absolute atomic E-state index is 10.6. The molecule has 0 unspecified atom stereocenters. The summed E-state index contributed by atoms with van der Waals surface area (Å²) in [6, 6.07) is -1.84. The summed E-state index contributed by atoms with van der Waals surface area (Å²) in [5.41, 5.74) is 0. The fourth-order valence-electron chi connectivity index (χ4n) is 0.757. The largest absolute Gasteiger partial charge is 0.480 e. The maximum Gasteiger partial charge on any atom is 0.326 e. The molecule has 1 heterocycles. The van der Waals surface area contributed by atoms with Gasteiger partial charge in [0.05, 0.1) is 6.42 Å². The second-order valence-corrected chi connectivity index (χ2v) is 2.12. The van der Waals surface area contributed by atoms with Crippen LogP contribution in [0.1, 0.15) is 7.85 Å². The molecule has 6 heteroatoms. The SMILES string of the molecule is O=C1C[C@@H](C(=O)O)NC(=O)N1.[HH]. The molecule has 1 fully saturated rings. The average molecular weight is 160 g/mol. The monoisotopic (exact) mass is 160 g/mol. The summed E-state index contributed by atoms with van der Waals surface area (Å²) in [7, 11) is 0. The standard InChI is InChI=1S/C5H6N2O4.H2/c8-3-1-2(4(9)10)6-5(11)7-3;/h2H,1H2,(H,9,10)(H2,6,7,8,11);1H/t2-;/m0./s1. The molecule has 1 saturated heterocycles. The predicted molar refractivity (Wildman–Crippen MR) is 34.8 cm³/mol. The minimum atomic E-state index is -1.20. The van der Waals surface area contributed by atoms with Crippen molar-refractivity contribution in [3.8, 4) is 0 Å². The zero-order valence-corrected chi connectivity index (χ0v) is 5.46. The summed E-state index contributed by atoms with van der Waals surface area (Å²) < 4.78 is 0. The van der Waals surface area contributed by atoms with E-state index in [4.69, 9.17) is 5.11 Å². The third-order valence-corrected chi connectivity index (χ3v) is 1.25. The number of rotatable bonds is 1. The Labute approximate surface area is 63.1 Å². The van der Waals surface area contributed by atoms with Crippen LogP contribution >= 0.6 is 0 Å². The number of hydrogen-bond acceptors (Lipinski definition) is 3. The van der Waals surface area contributed by atoms with Crippen molar-refractivity contribution in [1.29, 1.82) is 0 Å². The van der Waals surface area contributed by atoms with Crippen molar-refractivity contribution < 1.29 is 20.9 Å². The number of urea groups is 1. The number of carboxylic acids is 1. The van der Waals surface area contributed by atoms with E-state index in [1.165, 1.54) is 0 Å². The number of aliphatic carboxylic acids is 1. The highest BCUT2D eigenvalue weighted by atomic mass is 16.4. The molecule has 0 aliphatic carbocycles. The first-order chi connectivity index (χ1) is 5.09. The van der Waals surface area contributed by atoms with Crippen LogP contribution in [0.3, 0.4) is 0 Å². The number of hydrogen-bond donors (Lipinski definition) is 3. The number of amides is 3. The first-order valence-corrected chi connectivity index (χ1v) is 2.93. The molecule has 6 nitrogen and oxygen atoms in total. The third-order valence-electron chi connectivity index (χ3n) is 1.25. The Bertz CT molecular complexity index is 213. The molecule has 3 N–H and O–H groups in total. The van der Waals surface area contributed by atoms with Crippen LogP contribution in [0, 0.1) is 0 Å². The van der Waals surface area contributed by atoms with Gasteiger partial charge in [0.25, 0.3) is 0 Å². The summed E-state index contributed by atoms with van der Waals surface area (Å²) in [4.78, 5) is 31.3. The van der Waals surface area contributed by atoms with Crippen molar-refractivity contribution in [2.24, 2.45) is 0 Å². The molecular formula is C5H8N2O4. The Morgan fingerprint density at radius 2 is 2.27 bits per heavy atom. The molecule has 3 amide bonds. The Balaban J connectivity index is 0.00000121. The summed E-state index contributed by atoms with van der Waals surface area (Å²) in [6.07, 6.45) is -0.207. The molecule has 1 aliphatic rings. The van der Waals surface area contributed by atoms with Gasteiger partial charge in [-0.25, -0.2) is 9.59 Å². The zero-order valence-electron chi connectivity index (χ0n) is 5.46. The van der Waals surface area contributed by atoms with Gasteiger partial charge in [-0.3, -0.25) is 10.1 Å². The first-order valence-electron chi connectivity index (χ1n) is 2.93. The van der Waals surface area contributed by atoms with Crippen molar-refractivity contribution in [3.05, 3.63) is 0 Å². The van der Waals surface area contributed by atoms with Gasteiger partial charge in [0.2, 0.25) is 5.91 Å². The second-order valence-electron chi connectivity index (χ2n) is 2.12. The summed E-state index contributed by atoms with van der Waals surface area (Å²) >= 11 is 0. The van der Waals surface area contributed by atoms with Crippen LogP contribution in [-0.4, -0.2) is 29.1 Å². The molecule has 0 radical (unpaired) electrons. The quantitative estimate of drug-likeness (QED) is 0.454. The molecule has 0 bridgehead atoms. The molecule has 1 atom stereocenters. The van der Waals surface area contributed by atoms with Gasteiger partial charge in [-0.05, 0) is 0 Å². The van der Waals surface area contributed by atoms with E-state index in [0.29, 0.717) is 0 Å². The van der Waals surface area contributed by atoms with E-state index in [0.717, 1.165) is 0 Å². The van der Waals surface area contributed by atoms with Crippen LogP contribution in [-0.2, 0) is 9.59 Å². The van der Waals surface area contributed by atoms with Gasteiger partial charge >= 0.3 is 12.0 Å². The molecule has 1 rings (SSSR count). The summed E-state index contributed by atoms with van der Waals surface area (Å²) in [6.45, 7) is 0. The molecule has 0 spiro atoms. The minimum absolute atomic E-state index is 0. The lowest BCUT2D eigenvalue weighted by atomic mass is 10.2. The van der Waals surface area contributed by atoms with Crippen LogP contribution in [0.2, 0.25) is 0 Å². The smallest absolute Gasteiger partial charge is 0.326 e. The fourth-order valence-corrected chi connectivity index (χ4v) is 0.757. The van der Waals surface area contributed by atoms with E-state index in [-0.39, 0.29) is 7.85 Å². The number of carbonyl (C=O) groups excluding carboxylic acids is 2. The van der Waals surface area contributed by atoms with Crippen molar-refractivity contribution in [1.82, 2.24) is 10.6 Å². The molecule has 0 saturated carbocycles. The second kappa shape index (κ2) is 2.57. The Morgan fingerprint density at radius 1 is 1.64 bits per heavy atom. The average Bonchev–Trinajstić information content (AvgIpc) is 1.85. The molecule has 0 aromatic rings. The number of carboxylic acid groups (broad SMARTS) is 1. The van der Waals surface area contributed by atoms with E-state index < -0.39 is 23.9 Å². The fraction of sp³-hybridized carbons (Fsp3) is 0.400. The Hall–Kier alpha value is -1.59. The lowest BCUT2D eigenvalue weighted by Gasteiger charge is -2.18. The lowest BCUT2D eigenvalue weighted by Crippen LogP contribution is -2.55. The van der Waals surface area contributed by atoms with Crippen molar-refractivity contribution in [2.45, 2.75) is 12.5 Å². The van der Waals surface area contributed by atoms with Gasteiger partial charge in [0.1, 0.15) is 6.04 Å². The number of imide groups is 1. The van der Waals surface area contributed by atoms with Crippen LogP contribution < -0.4 is 10.6 Å². The van der Waals surface area contributed by atoms with Gasteiger partial charge in [0.15, 0.2) is 0 Å². The number of carbonyl (C=O) groups is 3. The molecular weight excluding hydrogens is 152 g/mol. The van der Waals surface area contributed by atoms with E-state index >= 15 is 0 Å². The highest BCUT2D eigenvalue weighted by Gasteiger charge is 2.28. The van der Waals surface area contributed by atoms with Crippen LogP contribution in [0.15, 0.2) is 0 Å². The summed E-state index contributed by atoms with van der Waals surface area (Å²) in [5, 5.41) is 12.4. The van der Waals surface area contributed by atoms with Gasteiger partial charge < -0.3 is 10.4 Å². The summed E-state index contributed by atoms with van der Waals surface area (Å²) in [5.74, 6) is -1.77. The topological polar surface area (TPSA) is 95.5 Å². The van der Waals surface area contributed by atoms with E-state index in [1.54, 1.807) is 0 Å².